The fraction of sp³-hybridized carbons (Fsp3) is 0.286. The molecule has 2 rings (SSSR count). The summed E-state index contributed by atoms with van der Waals surface area (Å²) in [5.41, 5.74) is 1.17. The molecule has 1 amide bonds. The van der Waals surface area contributed by atoms with Gasteiger partial charge in [0.25, 0.3) is 0 Å². The van der Waals surface area contributed by atoms with Crippen molar-refractivity contribution in [2.75, 3.05) is 5.32 Å². The fourth-order valence-corrected chi connectivity index (χ4v) is 1.85. The number of aromatic nitrogens is 2. The van der Waals surface area contributed by atoms with E-state index in [0.29, 0.717) is 12.2 Å². The molecule has 0 aliphatic carbocycles. The molecule has 1 unspecified atom stereocenters. The number of hydrogen-bond acceptors (Lipinski definition) is 2. The second-order valence-electron chi connectivity index (χ2n) is 4.44. The first-order valence-electron chi connectivity index (χ1n) is 5.99. The zero-order valence-corrected chi connectivity index (χ0v) is 10.6. The minimum Gasteiger partial charge on any atom is -0.309 e. The molecule has 2 aromatic rings. The number of benzene rings is 1. The molecule has 0 saturated heterocycles. The van der Waals surface area contributed by atoms with Gasteiger partial charge in [0.15, 0.2) is 5.82 Å². The van der Waals surface area contributed by atoms with Crippen LogP contribution in [-0.2, 0) is 11.8 Å². The molecule has 0 aliphatic rings. The third-order valence-electron chi connectivity index (χ3n) is 2.84. The highest BCUT2D eigenvalue weighted by molar-refractivity contribution is 5.90. The molecule has 0 aliphatic heterocycles. The van der Waals surface area contributed by atoms with E-state index in [-0.39, 0.29) is 11.8 Å². The molecule has 4 nitrogen and oxygen atoms in total. The SMILES string of the molecule is CC(CC(=O)Nc1ccn(C)n1)c1ccccc1. The summed E-state index contributed by atoms with van der Waals surface area (Å²) >= 11 is 0. The third-order valence-corrected chi connectivity index (χ3v) is 2.84. The number of rotatable bonds is 4. The molecular weight excluding hydrogens is 226 g/mol. The Hall–Kier alpha value is -2.10. The summed E-state index contributed by atoms with van der Waals surface area (Å²) in [6, 6.07) is 11.8. The van der Waals surface area contributed by atoms with Gasteiger partial charge >= 0.3 is 0 Å². The van der Waals surface area contributed by atoms with Crippen LogP contribution in [0.2, 0.25) is 0 Å². The van der Waals surface area contributed by atoms with E-state index in [2.05, 4.69) is 10.4 Å². The van der Waals surface area contributed by atoms with Crippen LogP contribution in [0.3, 0.4) is 0 Å². The first-order valence-corrected chi connectivity index (χ1v) is 5.99. The van der Waals surface area contributed by atoms with Gasteiger partial charge in [0.1, 0.15) is 0 Å². The van der Waals surface area contributed by atoms with Gasteiger partial charge in [-0.2, -0.15) is 5.10 Å². The van der Waals surface area contributed by atoms with Gasteiger partial charge in [0, 0.05) is 25.7 Å². The van der Waals surface area contributed by atoms with Crippen molar-refractivity contribution < 1.29 is 4.79 Å². The number of aryl methyl sites for hydroxylation is 1. The predicted molar refractivity (Wildman–Crippen MR) is 71.3 cm³/mol. The fourth-order valence-electron chi connectivity index (χ4n) is 1.85. The number of carbonyl (C=O) groups excluding carboxylic acids is 1. The molecular formula is C14H17N3O. The lowest BCUT2D eigenvalue weighted by Gasteiger charge is -2.10. The second-order valence-corrected chi connectivity index (χ2v) is 4.44. The Labute approximate surface area is 107 Å². The lowest BCUT2D eigenvalue weighted by Crippen LogP contribution is -2.14. The Balaban J connectivity index is 1.92. The molecule has 0 spiro atoms. The standard InChI is InChI=1S/C14H17N3O/c1-11(12-6-4-3-5-7-12)10-14(18)15-13-8-9-17(2)16-13/h3-9,11H,10H2,1-2H3,(H,15,16,18). The van der Waals surface area contributed by atoms with Crippen molar-refractivity contribution in [3.63, 3.8) is 0 Å². The Morgan fingerprint density at radius 1 is 1.33 bits per heavy atom. The minimum atomic E-state index is -0.00921. The molecule has 94 valence electrons. The largest absolute Gasteiger partial charge is 0.309 e. The summed E-state index contributed by atoms with van der Waals surface area (Å²) in [7, 11) is 1.82. The van der Waals surface area contributed by atoms with Crippen molar-refractivity contribution in [3.05, 3.63) is 48.2 Å². The zero-order valence-electron chi connectivity index (χ0n) is 10.6. The second kappa shape index (κ2) is 5.49. The first kappa shape index (κ1) is 12.4. The van der Waals surface area contributed by atoms with Crippen LogP contribution in [0.5, 0.6) is 0 Å². The van der Waals surface area contributed by atoms with Crippen molar-refractivity contribution >= 4 is 11.7 Å². The quantitative estimate of drug-likeness (QED) is 0.897. The third kappa shape index (κ3) is 3.20. The van der Waals surface area contributed by atoms with Crippen LogP contribution in [0.25, 0.3) is 0 Å². The van der Waals surface area contributed by atoms with Gasteiger partial charge in [-0.1, -0.05) is 37.3 Å². The monoisotopic (exact) mass is 243 g/mol. The number of nitrogens with one attached hydrogen (secondary N) is 1. The molecule has 1 atom stereocenters. The van der Waals surface area contributed by atoms with Gasteiger partial charge in [-0.15, -0.1) is 0 Å². The Morgan fingerprint density at radius 3 is 2.67 bits per heavy atom. The number of anilines is 1. The number of amides is 1. The van der Waals surface area contributed by atoms with Crippen molar-refractivity contribution in [3.8, 4) is 0 Å². The molecule has 4 heteroatoms. The van der Waals surface area contributed by atoms with Gasteiger partial charge < -0.3 is 5.32 Å². The smallest absolute Gasteiger partial charge is 0.226 e. The van der Waals surface area contributed by atoms with E-state index in [1.165, 1.54) is 5.56 Å². The van der Waals surface area contributed by atoms with Gasteiger partial charge in [0.05, 0.1) is 0 Å². The lowest BCUT2D eigenvalue weighted by atomic mass is 9.98. The molecule has 0 saturated carbocycles. The Bertz CT molecular complexity index is 519. The summed E-state index contributed by atoms with van der Waals surface area (Å²) < 4.78 is 1.66. The molecule has 18 heavy (non-hydrogen) atoms. The van der Waals surface area contributed by atoms with Crippen molar-refractivity contribution in [1.29, 1.82) is 0 Å². The number of carbonyl (C=O) groups is 1. The van der Waals surface area contributed by atoms with E-state index in [9.17, 15) is 4.79 Å². The molecule has 0 radical (unpaired) electrons. The van der Waals surface area contributed by atoms with E-state index in [1.807, 2.05) is 44.3 Å². The van der Waals surface area contributed by atoms with E-state index in [1.54, 1.807) is 16.9 Å². The average Bonchev–Trinajstić information content (AvgIpc) is 2.75. The molecule has 0 fully saturated rings. The van der Waals surface area contributed by atoms with Gasteiger partial charge in [0.2, 0.25) is 5.91 Å². The summed E-state index contributed by atoms with van der Waals surface area (Å²) in [6.07, 6.45) is 2.26. The maximum Gasteiger partial charge on any atom is 0.226 e. The van der Waals surface area contributed by atoms with E-state index < -0.39 is 0 Å². The predicted octanol–water partition coefficient (Wildman–Crippen LogP) is 2.55. The molecule has 1 aromatic carbocycles. The van der Waals surface area contributed by atoms with Gasteiger partial charge in [-0.3, -0.25) is 9.48 Å². The normalized spacial score (nSPS) is 12.1. The summed E-state index contributed by atoms with van der Waals surface area (Å²) in [6.45, 7) is 2.05. The highest BCUT2D eigenvalue weighted by atomic mass is 16.1. The van der Waals surface area contributed by atoms with Crippen LogP contribution in [0.4, 0.5) is 5.82 Å². The first-order chi connectivity index (χ1) is 8.65. The van der Waals surface area contributed by atoms with Crippen LogP contribution in [-0.4, -0.2) is 15.7 Å². The van der Waals surface area contributed by atoms with Crippen LogP contribution >= 0.6 is 0 Å². The van der Waals surface area contributed by atoms with Crippen LogP contribution < -0.4 is 5.32 Å². The Kier molecular flexibility index (Phi) is 3.77. The maximum atomic E-state index is 11.8. The Morgan fingerprint density at radius 2 is 2.06 bits per heavy atom. The topological polar surface area (TPSA) is 46.9 Å². The number of hydrogen-bond donors (Lipinski definition) is 1. The van der Waals surface area contributed by atoms with Crippen molar-refractivity contribution in [2.45, 2.75) is 19.3 Å². The minimum absolute atomic E-state index is 0.00921. The summed E-state index contributed by atoms with van der Waals surface area (Å²) in [5, 5.41) is 6.91. The van der Waals surface area contributed by atoms with E-state index in [4.69, 9.17) is 0 Å². The van der Waals surface area contributed by atoms with Crippen molar-refractivity contribution in [1.82, 2.24) is 9.78 Å². The molecule has 1 N–H and O–H groups in total. The summed E-state index contributed by atoms with van der Waals surface area (Å²) in [5.74, 6) is 0.794. The van der Waals surface area contributed by atoms with E-state index >= 15 is 0 Å². The highest BCUT2D eigenvalue weighted by Crippen LogP contribution is 2.18. The summed E-state index contributed by atoms with van der Waals surface area (Å²) in [4.78, 5) is 11.8. The van der Waals surface area contributed by atoms with E-state index in [0.717, 1.165) is 0 Å². The number of nitrogens with zero attached hydrogens (tertiary/aromatic N) is 2. The maximum absolute atomic E-state index is 11.8. The zero-order chi connectivity index (χ0) is 13.0. The van der Waals surface area contributed by atoms with Crippen LogP contribution in [0, 0.1) is 0 Å². The molecule has 1 aromatic heterocycles. The van der Waals surface area contributed by atoms with Crippen LogP contribution in [0.15, 0.2) is 42.6 Å². The van der Waals surface area contributed by atoms with Crippen molar-refractivity contribution in [2.24, 2.45) is 7.05 Å². The van der Waals surface area contributed by atoms with Crippen LogP contribution in [0.1, 0.15) is 24.8 Å². The molecule has 0 bridgehead atoms. The highest BCUT2D eigenvalue weighted by Gasteiger charge is 2.11. The van der Waals surface area contributed by atoms with Gasteiger partial charge in [-0.25, -0.2) is 0 Å². The van der Waals surface area contributed by atoms with Gasteiger partial charge in [-0.05, 0) is 11.5 Å². The lowest BCUT2D eigenvalue weighted by molar-refractivity contribution is -0.116. The average molecular weight is 243 g/mol. The molecule has 1 heterocycles.